The van der Waals surface area contributed by atoms with E-state index in [0.29, 0.717) is 18.0 Å². The Bertz CT molecular complexity index is 1060. The van der Waals surface area contributed by atoms with Gasteiger partial charge in [-0.15, -0.1) is 0 Å². The molecule has 2 aromatic rings. The Hall–Kier alpha value is -2.39. The minimum atomic E-state index is -3.89. The fraction of sp³-hybridized carbons (Fsp3) is 0.318. The number of carbonyl (C=O) groups excluding carboxylic acids is 1. The van der Waals surface area contributed by atoms with Crippen LogP contribution in [0.15, 0.2) is 60.0 Å². The third-order valence-corrected chi connectivity index (χ3v) is 6.97. The van der Waals surface area contributed by atoms with Gasteiger partial charge >= 0.3 is 0 Å². The molecule has 2 aromatic carbocycles. The number of anilines is 1. The second-order valence-electron chi connectivity index (χ2n) is 7.31. The Labute approximate surface area is 187 Å². The van der Waals surface area contributed by atoms with Crippen molar-refractivity contribution in [2.75, 3.05) is 25.0 Å². The van der Waals surface area contributed by atoms with Crippen LogP contribution < -0.4 is 10.1 Å². The number of ether oxygens (including phenoxy) is 2. The van der Waals surface area contributed by atoms with Crippen LogP contribution in [0.5, 0.6) is 5.75 Å². The molecule has 1 amide bonds. The molecule has 0 radical (unpaired) electrons. The highest BCUT2D eigenvalue weighted by molar-refractivity contribution is 7.89. The van der Waals surface area contributed by atoms with Gasteiger partial charge in [-0.25, -0.2) is 8.42 Å². The van der Waals surface area contributed by atoms with E-state index in [4.69, 9.17) is 21.1 Å². The quantitative estimate of drug-likeness (QED) is 0.627. The van der Waals surface area contributed by atoms with Gasteiger partial charge in [0, 0.05) is 30.4 Å². The fourth-order valence-electron chi connectivity index (χ4n) is 3.33. The van der Waals surface area contributed by atoms with E-state index < -0.39 is 15.9 Å². The standard InChI is InChI=1S/C22H25ClN2O5S/c1-4-10-29-19-7-5-6-18(12-19)24-22(26)17-8-9-20(23)21(11-17)31(27,28)25-13-15(2)30-16(3)14-25/h4-9,11-12,15-16H,1,10,13-14H2,2-3H3,(H,24,26). The number of carbonyl (C=O) groups is 1. The molecule has 3 rings (SSSR count). The van der Waals surface area contributed by atoms with Crippen molar-refractivity contribution in [1.82, 2.24) is 4.31 Å². The second-order valence-corrected chi connectivity index (χ2v) is 9.62. The predicted molar refractivity (Wildman–Crippen MR) is 120 cm³/mol. The van der Waals surface area contributed by atoms with Crippen LogP contribution in [0.1, 0.15) is 24.2 Å². The molecule has 0 bridgehead atoms. The molecule has 31 heavy (non-hydrogen) atoms. The zero-order chi connectivity index (χ0) is 22.6. The minimum Gasteiger partial charge on any atom is -0.489 e. The summed E-state index contributed by atoms with van der Waals surface area (Å²) in [6.45, 7) is 8.01. The highest BCUT2D eigenvalue weighted by atomic mass is 35.5. The lowest BCUT2D eigenvalue weighted by atomic mass is 10.2. The second kappa shape index (κ2) is 9.82. The van der Waals surface area contributed by atoms with Gasteiger partial charge in [-0.1, -0.05) is 30.3 Å². The molecule has 9 heteroatoms. The van der Waals surface area contributed by atoms with E-state index >= 15 is 0 Å². The van der Waals surface area contributed by atoms with Gasteiger partial charge < -0.3 is 14.8 Å². The maximum absolute atomic E-state index is 13.2. The van der Waals surface area contributed by atoms with Crippen LogP contribution in [0.2, 0.25) is 5.02 Å². The van der Waals surface area contributed by atoms with Crippen LogP contribution in [0.4, 0.5) is 5.69 Å². The molecule has 166 valence electrons. The molecular formula is C22H25ClN2O5S. The number of hydrogen-bond acceptors (Lipinski definition) is 5. The molecule has 1 aliphatic heterocycles. The molecule has 1 N–H and O–H groups in total. The van der Waals surface area contributed by atoms with Gasteiger partial charge in [-0.05, 0) is 44.2 Å². The summed E-state index contributed by atoms with van der Waals surface area (Å²) in [5, 5.41) is 2.81. The summed E-state index contributed by atoms with van der Waals surface area (Å²) < 4.78 is 38.8. The van der Waals surface area contributed by atoms with Crippen molar-refractivity contribution < 1.29 is 22.7 Å². The number of hydrogen-bond donors (Lipinski definition) is 1. The molecule has 1 heterocycles. The van der Waals surface area contributed by atoms with Crippen molar-refractivity contribution in [1.29, 1.82) is 0 Å². The molecule has 2 unspecified atom stereocenters. The fourth-order valence-corrected chi connectivity index (χ4v) is 5.42. The zero-order valence-corrected chi connectivity index (χ0v) is 18.9. The van der Waals surface area contributed by atoms with Crippen molar-refractivity contribution >= 4 is 33.2 Å². The van der Waals surface area contributed by atoms with E-state index in [0.717, 1.165) is 0 Å². The van der Waals surface area contributed by atoms with Gasteiger partial charge in [0.15, 0.2) is 0 Å². The van der Waals surface area contributed by atoms with E-state index in [1.165, 1.54) is 22.5 Å². The molecular weight excluding hydrogens is 440 g/mol. The first kappa shape index (κ1) is 23.3. The van der Waals surface area contributed by atoms with Crippen molar-refractivity contribution in [2.45, 2.75) is 31.0 Å². The highest BCUT2D eigenvalue weighted by Crippen LogP contribution is 2.28. The number of morpholine rings is 1. The number of nitrogens with zero attached hydrogens (tertiary/aromatic N) is 1. The van der Waals surface area contributed by atoms with Crippen LogP contribution >= 0.6 is 11.6 Å². The Balaban J connectivity index is 1.83. The van der Waals surface area contributed by atoms with Crippen LogP contribution in [-0.2, 0) is 14.8 Å². The van der Waals surface area contributed by atoms with Gasteiger partial charge in [-0.2, -0.15) is 4.31 Å². The van der Waals surface area contributed by atoms with Gasteiger partial charge in [0.1, 0.15) is 17.3 Å². The van der Waals surface area contributed by atoms with Crippen LogP contribution in [0, 0.1) is 0 Å². The first-order valence-corrected chi connectivity index (χ1v) is 11.6. The summed E-state index contributed by atoms with van der Waals surface area (Å²) in [6.07, 6.45) is 1.15. The van der Waals surface area contributed by atoms with Crippen molar-refractivity contribution in [3.63, 3.8) is 0 Å². The molecule has 1 saturated heterocycles. The molecule has 1 aliphatic rings. The average molecular weight is 465 g/mol. The number of halogens is 1. The van der Waals surface area contributed by atoms with Crippen molar-refractivity contribution in [2.24, 2.45) is 0 Å². The first-order chi connectivity index (χ1) is 14.7. The van der Waals surface area contributed by atoms with E-state index in [1.807, 2.05) is 13.8 Å². The monoisotopic (exact) mass is 464 g/mol. The van der Waals surface area contributed by atoms with E-state index in [9.17, 15) is 13.2 Å². The summed E-state index contributed by atoms with van der Waals surface area (Å²) in [5.74, 6) is 0.116. The maximum atomic E-state index is 13.2. The molecule has 1 fully saturated rings. The van der Waals surface area contributed by atoms with Crippen molar-refractivity contribution in [3.8, 4) is 5.75 Å². The number of amides is 1. The average Bonchev–Trinajstić information content (AvgIpc) is 2.72. The van der Waals surface area contributed by atoms with Crippen LogP contribution in [0.25, 0.3) is 0 Å². The molecule has 0 aliphatic carbocycles. The maximum Gasteiger partial charge on any atom is 0.255 e. The summed E-state index contributed by atoms with van der Waals surface area (Å²) in [4.78, 5) is 12.7. The normalized spacial score (nSPS) is 19.6. The highest BCUT2D eigenvalue weighted by Gasteiger charge is 2.33. The summed E-state index contributed by atoms with van der Waals surface area (Å²) in [6, 6.07) is 11.1. The Morgan fingerprint density at radius 3 is 2.65 bits per heavy atom. The molecule has 7 nitrogen and oxygen atoms in total. The number of rotatable bonds is 7. The number of sulfonamides is 1. The summed E-state index contributed by atoms with van der Waals surface area (Å²) in [5.41, 5.74) is 0.691. The molecule has 0 aromatic heterocycles. The van der Waals surface area contributed by atoms with Crippen molar-refractivity contribution in [3.05, 3.63) is 65.7 Å². The van der Waals surface area contributed by atoms with Gasteiger partial charge in [0.2, 0.25) is 10.0 Å². The van der Waals surface area contributed by atoms with Crippen LogP contribution in [0.3, 0.4) is 0 Å². The summed E-state index contributed by atoms with van der Waals surface area (Å²) >= 11 is 6.21. The summed E-state index contributed by atoms with van der Waals surface area (Å²) in [7, 11) is -3.89. The third kappa shape index (κ3) is 5.65. The topological polar surface area (TPSA) is 84.9 Å². The predicted octanol–water partition coefficient (Wildman–Crippen LogP) is 3.96. The number of benzene rings is 2. The Morgan fingerprint density at radius 2 is 1.97 bits per heavy atom. The van der Waals surface area contributed by atoms with E-state index in [-0.39, 0.29) is 40.8 Å². The Morgan fingerprint density at radius 1 is 1.26 bits per heavy atom. The SMILES string of the molecule is C=CCOc1cccc(NC(=O)c2ccc(Cl)c(S(=O)(=O)N3CC(C)OC(C)C3)c2)c1. The van der Waals surface area contributed by atoms with Gasteiger partial charge in [-0.3, -0.25) is 4.79 Å². The largest absolute Gasteiger partial charge is 0.489 e. The zero-order valence-electron chi connectivity index (χ0n) is 17.4. The lowest BCUT2D eigenvalue weighted by Gasteiger charge is -2.34. The van der Waals surface area contributed by atoms with E-state index in [2.05, 4.69) is 11.9 Å². The van der Waals surface area contributed by atoms with Gasteiger partial charge in [0.25, 0.3) is 5.91 Å². The molecule has 2 atom stereocenters. The van der Waals surface area contributed by atoms with Gasteiger partial charge in [0.05, 0.1) is 17.2 Å². The lowest BCUT2D eigenvalue weighted by Crippen LogP contribution is -2.48. The molecule has 0 spiro atoms. The Kier molecular flexibility index (Phi) is 7.38. The van der Waals surface area contributed by atoms with Crippen LogP contribution in [-0.4, -0.2) is 50.5 Å². The smallest absolute Gasteiger partial charge is 0.255 e. The lowest BCUT2D eigenvalue weighted by molar-refractivity contribution is -0.0440. The number of nitrogens with one attached hydrogen (secondary N) is 1. The minimum absolute atomic E-state index is 0.0585. The molecule has 0 saturated carbocycles. The first-order valence-electron chi connectivity index (χ1n) is 9.81. The van der Waals surface area contributed by atoms with E-state index in [1.54, 1.807) is 30.3 Å². The third-order valence-electron chi connectivity index (χ3n) is 4.66.